The molecule has 2 fully saturated rings. The minimum Gasteiger partial charge on any atom is -0.486 e. The maximum atomic E-state index is 6.10. The van der Waals surface area contributed by atoms with Crippen LogP contribution in [0.15, 0.2) is 95.6 Å². The summed E-state index contributed by atoms with van der Waals surface area (Å²) in [5.41, 5.74) is 12.2. The van der Waals surface area contributed by atoms with Gasteiger partial charge in [-0.15, -0.1) is 54.1 Å². The van der Waals surface area contributed by atoms with E-state index in [1.807, 2.05) is 43.5 Å². The van der Waals surface area contributed by atoms with Crippen LogP contribution in [0, 0.1) is 25.0 Å². The zero-order valence-electron chi connectivity index (χ0n) is 27.7. The van der Waals surface area contributed by atoms with Crippen LogP contribution in [0.4, 0.5) is 0 Å². The van der Waals surface area contributed by atoms with Gasteiger partial charge in [0, 0.05) is 49.5 Å². The predicted octanol–water partition coefficient (Wildman–Crippen LogP) is 10.9. The number of hydrogen-bond donors (Lipinski definition) is 0. The Bertz CT molecular complexity index is 2310. The fourth-order valence-corrected chi connectivity index (χ4v) is 8.26. The number of fused-ring (bicyclic) bond motifs is 3. The number of allylic oxidation sites excluding steroid dienone is 2. The summed E-state index contributed by atoms with van der Waals surface area (Å²) in [5.74, 6) is 2.45. The third kappa shape index (κ3) is 5.85. The first-order valence-electron chi connectivity index (χ1n) is 17.5. The summed E-state index contributed by atoms with van der Waals surface area (Å²) in [6.45, 7) is 2.91. The minimum atomic E-state index is 0. The molecule has 10 rings (SSSR count). The third-order valence-electron chi connectivity index (χ3n) is 10.6. The Balaban J connectivity index is 0.000000140. The van der Waals surface area contributed by atoms with Gasteiger partial charge in [0.25, 0.3) is 0 Å². The van der Waals surface area contributed by atoms with Gasteiger partial charge in [-0.3, -0.25) is 4.98 Å². The molecule has 3 aromatic carbocycles. The van der Waals surface area contributed by atoms with E-state index >= 15 is 0 Å². The Morgan fingerprint density at radius 3 is 2.45 bits per heavy atom. The van der Waals surface area contributed by atoms with Crippen LogP contribution < -0.4 is 0 Å². The van der Waals surface area contributed by atoms with Crippen molar-refractivity contribution in [1.82, 2.24) is 19.5 Å². The van der Waals surface area contributed by atoms with Crippen LogP contribution in [0.5, 0.6) is 0 Å². The Kier molecular flexibility index (Phi) is 8.78. The van der Waals surface area contributed by atoms with Crippen molar-refractivity contribution in [2.24, 2.45) is 5.92 Å². The summed E-state index contributed by atoms with van der Waals surface area (Å²) in [7, 11) is 0. The van der Waals surface area contributed by atoms with Gasteiger partial charge < -0.3 is 14.0 Å². The number of pyridine rings is 2. The second-order valence-corrected chi connectivity index (χ2v) is 13.6. The van der Waals surface area contributed by atoms with Gasteiger partial charge in [0.05, 0.1) is 22.4 Å². The van der Waals surface area contributed by atoms with Crippen molar-refractivity contribution in [2.75, 3.05) is 0 Å². The van der Waals surface area contributed by atoms with Crippen molar-refractivity contribution in [1.29, 1.82) is 0 Å². The zero-order valence-corrected chi connectivity index (χ0v) is 30.1. The van der Waals surface area contributed by atoms with Crippen molar-refractivity contribution >= 4 is 38.7 Å². The molecular weight excluding hydrogens is 781 g/mol. The number of imidazole rings is 1. The number of hydrogen-bond acceptors (Lipinski definition) is 4. The van der Waals surface area contributed by atoms with Gasteiger partial charge in [0.2, 0.25) is 5.71 Å². The topological polar surface area (TPSA) is 56.7 Å². The summed E-state index contributed by atoms with van der Waals surface area (Å²) in [6.07, 6.45) is 15.0. The molecule has 2 aliphatic carbocycles. The van der Waals surface area contributed by atoms with E-state index in [-0.39, 0.29) is 20.1 Å². The molecule has 49 heavy (non-hydrogen) atoms. The molecule has 5 heterocycles. The van der Waals surface area contributed by atoms with Gasteiger partial charge in [-0.25, -0.2) is 4.98 Å². The molecule has 7 aromatic rings. The zero-order chi connectivity index (χ0) is 32.0. The molecule has 0 bridgehead atoms. The third-order valence-corrected chi connectivity index (χ3v) is 10.6. The molecule has 0 N–H and O–H groups in total. The van der Waals surface area contributed by atoms with Crippen molar-refractivity contribution in [2.45, 2.75) is 70.8 Å². The van der Waals surface area contributed by atoms with Crippen LogP contribution >= 0.6 is 0 Å². The van der Waals surface area contributed by atoms with Crippen molar-refractivity contribution in [3.8, 4) is 22.6 Å². The number of aromatic nitrogens is 4. The summed E-state index contributed by atoms with van der Waals surface area (Å²) in [5, 5.41) is 2.12. The van der Waals surface area contributed by atoms with E-state index in [9.17, 15) is 0 Å². The number of aryl methyl sites for hydroxylation is 1. The second kappa shape index (κ2) is 13.5. The van der Waals surface area contributed by atoms with Crippen molar-refractivity contribution in [3.63, 3.8) is 0 Å². The van der Waals surface area contributed by atoms with Crippen LogP contribution in [0.25, 0.3) is 61.3 Å². The summed E-state index contributed by atoms with van der Waals surface area (Å²) >= 11 is 0. The van der Waals surface area contributed by atoms with Crippen LogP contribution in [0.2, 0.25) is 0 Å². The number of furan rings is 1. The standard InChI is InChI=1S/C22H19N2O.C21H19N2.Ir/c1-14-9-10-18-17-7-4-8-19(21(17)25-22(18)24-14)20-13-16(11-12-23-20)15-5-2-3-6-15;1-2-9-16(10-3-1)21-22-19-12-6-11-18-17(15-7-4-5-8-15)13-14-23(21)20(18)19;/h4,7,9-13,15H,2-3,5-6H2,1H3;1-3,6,9,11-13,15H,4-5,7-8,14H2;/q2*-1;. The van der Waals surface area contributed by atoms with Crippen molar-refractivity contribution < 1.29 is 24.5 Å². The molecule has 4 aromatic heterocycles. The molecule has 247 valence electrons. The fourth-order valence-electron chi connectivity index (χ4n) is 8.26. The molecule has 0 saturated heterocycles. The minimum absolute atomic E-state index is 0. The van der Waals surface area contributed by atoms with E-state index in [1.54, 1.807) is 5.57 Å². The first kappa shape index (κ1) is 31.9. The number of rotatable bonds is 4. The van der Waals surface area contributed by atoms with E-state index in [4.69, 9.17) is 9.40 Å². The van der Waals surface area contributed by atoms with Gasteiger partial charge in [0.15, 0.2) is 0 Å². The van der Waals surface area contributed by atoms with E-state index in [0.717, 1.165) is 62.7 Å². The smallest absolute Gasteiger partial charge is 0.216 e. The first-order valence-corrected chi connectivity index (χ1v) is 17.5. The van der Waals surface area contributed by atoms with Crippen molar-refractivity contribution in [3.05, 3.63) is 120 Å². The molecule has 6 heteroatoms. The molecule has 3 aliphatic rings. The van der Waals surface area contributed by atoms with Crippen LogP contribution in [-0.2, 0) is 26.7 Å². The van der Waals surface area contributed by atoms with Crippen LogP contribution in [0.3, 0.4) is 0 Å². The molecule has 2 saturated carbocycles. The maximum Gasteiger partial charge on any atom is 0.216 e. The average Bonchev–Trinajstić information content (AvgIpc) is 3.96. The first-order chi connectivity index (χ1) is 23.7. The number of nitrogens with zero attached hydrogens (tertiary/aromatic N) is 4. The summed E-state index contributed by atoms with van der Waals surface area (Å²) in [6, 6.07) is 33.8. The molecule has 1 radical (unpaired) electrons. The van der Waals surface area contributed by atoms with Crippen LogP contribution in [0.1, 0.15) is 74.1 Å². The van der Waals surface area contributed by atoms with Gasteiger partial charge in [0.1, 0.15) is 0 Å². The Hall–Kier alpha value is -4.38. The van der Waals surface area contributed by atoms with Gasteiger partial charge in [-0.1, -0.05) is 66.5 Å². The van der Waals surface area contributed by atoms with E-state index in [1.165, 1.54) is 68.0 Å². The molecule has 1 aliphatic heterocycles. The SMILES string of the molecule is Cc1ccc2c(n1)oc1c(-c3cc(C4CCCC4)ccn3)[c-]ccc12.[Ir].[c-]1ccccc1-c1nc2cccc3c2n1CC=C3C1CCCC1. The molecule has 0 atom stereocenters. The molecule has 0 unspecified atom stereocenters. The van der Waals surface area contributed by atoms with E-state index < -0.39 is 0 Å². The van der Waals surface area contributed by atoms with Gasteiger partial charge >= 0.3 is 0 Å². The van der Waals surface area contributed by atoms with Crippen LogP contribution in [-0.4, -0.2) is 19.5 Å². The quantitative estimate of drug-likeness (QED) is 0.166. The molecular formula is C43H38IrN4O-2. The number of benzene rings is 3. The van der Waals surface area contributed by atoms with E-state index in [2.05, 4.69) is 81.3 Å². The monoisotopic (exact) mass is 819 g/mol. The fraction of sp³-hybridized carbons (Fsp3) is 0.279. The Labute approximate surface area is 300 Å². The molecule has 5 nitrogen and oxygen atoms in total. The Morgan fingerprint density at radius 2 is 1.63 bits per heavy atom. The van der Waals surface area contributed by atoms with Gasteiger partial charge in [-0.05, 0) is 80.0 Å². The van der Waals surface area contributed by atoms with Gasteiger partial charge in [-0.2, -0.15) is 0 Å². The maximum absolute atomic E-state index is 6.10. The van der Waals surface area contributed by atoms with E-state index in [0.29, 0.717) is 11.6 Å². The second-order valence-electron chi connectivity index (χ2n) is 13.6. The molecule has 0 spiro atoms. The largest absolute Gasteiger partial charge is 0.486 e. The Morgan fingerprint density at radius 1 is 0.796 bits per heavy atom. The average molecular weight is 819 g/mol. The predicted molar refractivity (Wildman–Crippen MR) is 193 cm³/mol. The summed E-state index contributed by atoms with van der Waals surface area (Å²) < 4.78 is 8.46. The normalized spacial score (nSPS) is 16.1. The summed E-state index contributed by atoms with van der Waals surface area (Å²) in [4.78, 5) is 14.0. The number of para-hydroxylation sites is 1. The molecule has 0 amide bonds.